The second kappa shape index (κ2) is 22.1. The van der Waals surface area contributed by atoms with Crippen LogP contribution in [-0.2, 0) is 23.7 Å². The van der Waals surface area contributed by atoms with Gasteiger partial charge in [-0.05, 0) is 80.1 Å². The van der Waals surface area contributed by atoms with Crippen molar-refractivity contribution in [2.75, 3.05) is 75.3 Å². The third-order valence-corrected chi connectivity index (χ3v) is 9.13. The Kier molecular flexibility index (Phi) is 16.5. The second-order valence-electron chi connectivity index (χ2n) is 14.8. The van der Waals surface area contributed by atoms with Gasteiger partial charge in [-0.25, -0.2) is 9.59 Å². The van der Waals surface area contributed by atoms with Gasteiger partial charge in [0, 0.05) is 55.7 Å². The molecular weight excluding hydrogens is 793 g/mol. The molecular formula is C43H50N6O12. The van der Waals surface area contributed by atoms with E-state index in [-0.39, 0.29) is 49.2 Å². The van der Waals surface area contributed by atoms with E-state index in [1.54, 1.807) is 20.8 Å². The van der Waals surface area contributed by atoms with E-state index in [1.807, 2.05) is 48.5 Å². The number of alkyl carbamates (subject to hydrolysis) is 1. The van der Waals surface area contributed by atoms with E-state index in [2.05, 4.69) is 21.3 Å². The number of hydrogen-bond donors (Lipinski definition) is 4. The van der Waals surface area contributed by atoms with Crippen LogP contribution in [-0.4, -0.2) is 92.9 Å². The van der Waals surface area contributed by atoms with E-state index in [0.717, 1.165) is 34.4 Å². The number of nitro benzene ring substituents is 2. The lowest BCUT2D eigenvalue weighted by atomic mass is 9.98. The van der Waals surface area contributed by atoms with Crippen LogP contribution in [0.4, 0.5) is 38.0 Å². The zero-order chi connectivity index (χ0) is 43.8. The Balaban J connectivity index is 1.01. The molecule has 4 N–H and O–H groups in total. The minimum Gasteiger partial charge on any atom is -0.448 e. The average Bonchev–Trinajstić information content (AvgIpc) is 3.54. The largest absolute Gasteiger partial charge is 0.448 e. The minimum atomic E-state index is -0.815. The molecule has 5 rings (SSSR count). The molecule has 0 heterocycles. The number of ether oxygens (including phenoxy) is 5. The lowest BCUT2D eigenvalue weighted by Crippen LogP contribution is -2.33. The van der Waals surface area contributed by atoms with Gasteiger partial charge < -0.3 is 39.6 Å². The Morgan fingerprint density at radius 3 is 1.67 bits per heavy atom. The number of carbonyl (C=O) groups is 3. The Labute approximate surface area is 352 Å². The van der Waals surface area contributed by atoms with Crippen LogP contribution in [0.3, 0.4) is 0 Å². The smallest absolute Gasteiger partial charge is 0.411 e. The van der Waals surface area contributed by atoms with Crippen LogP contribution >= 0.6 is 0 Å². The summed E-state index contributed by atoms with van der Waals surface area (Å²) in [6.45, 7) is 8.03. The first-order valence-corrected chi connectivity index (χ1v) is 19.7. The van der Waals surface area contributed by atoms with E-state index >= 15 is 0 Å². The van der Waals surface area contributed by atoms with Crippen molar-refractivity contribution in [3.05, 3.63) is 122 Å². The van der Waals surface area contributed by atoms with Gasteiger partial charge in [-0.1, -0.05) is 48.5 Å². The van der Waals surface area contributed by atoms with E-state index in [4.69, 9.17) is 23.7 Å². The molecule has 0 saturated carbocycles. The lowest BCUT2D eigenvalue weighted by Gasteiger charge is -2.19. The second-order valence-corrected chi connectivity index (χ2v) is 14.8. The van der Waals surface area contributed by atoms with Gasteiger partial charge >= 0.3 is 12.2 Å². The van der Waals surface area contributed by atoms with Crippen LogP contribution in [0.25, 0.3) is 11.1 Å². The summed E-state index contributed by atoms with van der Waals surface area (Å²) in [5.74, 6) is -0.924. The Hall–Kier alpha value is -6.63. The molecule has 0 radical (unpaired) electrons. The number of carbonyl (C=O) groups excluding carboxylic acids is 3. The summed E-state index contributed by atoms with van der Waals surface area (Å²) in [4.78, 5) is 59.9. The van der Waals surface area contributed by atoms with Crippen molar-refractivity contribution in [1.82, 2.24) is 5.32 Å². The molecule has 18 heteroatoms. The third-order valence-electron chi connectivity index (χ3n) is 9.13. The third kappa shape index (κ3) is 13.7. The molecule has 1 aliphatic rings. The molecule has 0 bridgehead atoms. The maximum Gasteiger partial charge on any atom is 0.411 e. The van der Waals surface area contributed by atoms with Gasteiger partial charge in [-0.3, -0.25) is 30.3 Å². The Morgan fingerprint density at radius 1 is 0.656 bits per heavy atom. The number of benzene rings is 4. The molecule has 0 fully saturated rings. The van der Waals surface area contributed by atoms with E-state index < -0.39 is 44.9 Å². The number of nitrogens with one attached hydrogen (secondary N) is 4. The Bertz CT molecular complexity index is 2080. The first kappa shape index (κ1) is 45.5. The summed E-state index contributed by atoms with van der Waals surface area (Å²) in [5, 5.41) is 34.6. The predicted octanol–water partition coefficient (Wildman–Crippen LogP) is 7.88. The fraction of sp³-hybridized carbons (Fsp3) is 0.372. The molecule has 0 atom stereocenters. The molecule has 0 spiro atoms. The number of anilines is 3. The quantitative estimate of drug-likeness (QED) is 0.0335. The Morgan fingerprint density at radius 2 is 1.15 bits per heavy atom. The average molecular weight is 843 g/mol. The van der Waals surface area contributed by atoms with Crippen molar-refractivity contribution in [3.63, 3.8) is 0 Å². The van der Waals surface area contributed by atoms with Gasteiger partial charge in [0.15, 0.2) is 5.69 Å². The first-order valence-electron chi connectivity index (χ1n) is 19.7. The molecule has 1 aliphatic carbocycles. The molecule has 0 aliphatic heterocycles. The normalized spacial score (nSPS) is 11.9. The van der Waals surface area contributed by atoms with Crippen LogP contribution in [0.5, 0.6) is 0 Å². The van der Waals surface area contributed by atoms with Gasteiger partial charge in [0.2, 0.25) is 0 Å². The van der Waals surface area contributed by atoms with Crippen molar-refractivity contribution >= 4 is 46.5 Å². The van der Waals surface area contributed by atoms with Crippen molar-refractivity contribution in [1.29, 1.82) is 0 Å². The van der Waals surface area contributed by atoms with Gasteiger partial charge in [-0.2, -0.15) is 0 Å². The van der Waals surface area contributed by atoms with E-state index in [9.17, 15) is 34.6 Å². The molecule has 3 amide bonds. The van der Waals surface area contributed by atoms with Crippen LogP contribution < -0.4 is 21.3 Å². The summed E-state index contributed by atoms with van der Waals surface area (Å²) in [7, 11) is 0. The topological polar surface area (TPSA) is 232 Å². The monoisotopic (exact) mass is 842 g/mol. The summed E-state index contributed by atoms with van der Waals surface area (Å²) in [6, 6.07) is 24.0. The zero-order valence-corrected chi connectivity index (χ0v) is 34.2. The number of nitrogens with zero attached hydrogens (tertiary/aromatic N) is 2. The SMILES string of the molecule is CC(C)(C)OC(=O)NCCCOCCOCCOCCCNc1c([N+](=O)[O-])cc(C(=O)Nc2ccc(NC(=O)OCC3c4ccccc4-c4ccccc43)cc2)cc1[N+](=O)[O-]. The molecule has 4 aromatic rings. The van der Waals surface area contributed by atoms with Crippen molar-refractivity contribution < 1.29 is 47.9 Å². The van der Waals surface area contributed by atoms with Gasteiger partial charge in [0.05, 0.1) is 41.8 Å². The van der Waals surface area contributed by atoms with E-state index in [1.165, 1.54) is 24.3 Å². The molecule has 18 nitrogen and oxygen atoms in total. The van der Waals surface area contributed by atoms with Crippen LogP contribution in [0.1, 0.15) is 61.0 Å². The van der Waals surface area contributed by atoms with Gasteiger partial charge in [0.25, 0.3) is 17.3 Å². The molecule has 0 aromatic heterocycles. The molecule has 0 saturated heterocycles. The number of hydrogen-bond acceptors (Lipinski definition) is 13. The van der Waals surface area contributed by atoms with Crippen LogP contribution in [0, 0.1) is 20.2 Å². The van der Waals surface area contributed by atoms with Crippen LogP contribution in [0.2, 0.25) is 0 Å². The molecule has 0 unspecified atom stereocenters. The molecule has 4 aromatic carbocycles. The summed E-state index contributed by atoms with van der Waals surface area (Å²) in [5.41, 5.74) is 2.57. The van der Waals surface area contributed by atoms with Crippen molar-refractivity contribution in [2.45, 2.75) is 45.1 Å². The number of fused-ring (bicyclic) bond motifs is 3. The van der Waals surface area contributed by atoms with Crippen molar-refractivity contribution in [3.8, 4) is 11.1 Å². The zero-order valence-electron chi connectivity index (χ0n) is 34.2. The predicted molar refractivity (Wildman–Crippen MR) is 227 cm³/mol. The van der Waals surface area contributed by atoms with Crippen LogP contribution in [0.15, 0.2) is 84.9 Å². The highest BCUT2D eigenvalue weighted by Gasteiger charge is 2.30. The lowest BCUT2D eigenvalue weighted by molar-refractivity contribution is -0.392. The van der Waals surface area contributed by atoms with Gasteiger partial charge in [0.1, 0.15) is 12.2 Å². The summed E-state index contributed by atoms with van der Waals surface area (Å²) < 4.78 is 27.2. The highest BCUT2D eigenvalue weighted by Crippen LogP contribution is 2.44. The highest BCUT2D eigenvalue weighted by atomic mass is 16.6. The summed E-state index contributed by atoms with van der Waals surface area (Å²) in [6.07, 6.45) is -0.157. The van der Waals surface area contributed by atoms with E-state index in [0.29, 0.717) is 51.5 Å². The fourth-order valence-electron chi connectivity index (χ4n) is 6.41. The highest BCUT2D eigenvalue weighted by molar-refractivity contribution is 6.06. The van der Waals surface area contributed by atoms with Gasteiger partial charge in [-0.15, -0.1) is 0 Å². The molecule has 61 heavy (non-hydrogen) atoms. The number of nitro groups is 2. The molecule has 324 valence electrons. The summed E-state index contributed by atoms with van der Waals surface area (Å²) >= 11 is 0. The first-order chi connectivity index (χ1) is 29.3. The minimum absolute atomic E-state index is 0.109. The fourth-order valence-corrected chi connectivity index (χ4v) is 6.41. The maximum atomic E-state index is 13.2. The number of rotatable bonds is 22. The standard InChI is InChI=1S/C43H50N6O12/c1-43(2,3)61-41(51)45-19-9-21-58-23-25-59-24-22-57-20-8-18-44-39-37(48(53)54)26-29(27-38(39)49(55)56)40(50)46-30-14-16-31(17-15-30)47-42(52)60-28-36-34-12-6-4-10-32(34)33-11-5-7-13-35(33)36/h4-7,10-17,26-27,36,44H,8-9,18-25,28H2,1-3H3,(H,45,51)(H,46,50)(H,47,52). The van der Waals surface area contributed by atoms with Crippen molar-refractivity contribution in [2.24, 2.45) is 0 Å². The number of amides is 3. The maximum absolute atomic E-state index is 13.2.